The first-order valence-corrected chi connectivity index (χ1v) is 13.6. The number of carbonyl (C=O) groups excluding carboxylic acids is 1. The van der Waals surface area contributed by atoms with Crippen molar-refractivity contribution in [1.82, 2.24) is 9.78 Å². The lowest BCUT2D eigenvalue weighted by atomic mass is 9.55. The first-order valence-electron chi connectivity index (χ1n) is 9.94. The molecule has 2 aliphatic rings. The lowest BCUT2D eigenvalue weighted by Gasteiger charge is -2.50. The van der Waals surface area contributed by atoms with Crippen LogP contribution >= 0.6 is 0 Å². The maximum absolute atomic E-state index is 11.4. The third-order valence-corrected chi connectivity index (χ3v) is 7.96. The van der Waals surface area contributed by atoms with Crippen LogP contribution in [0.3, 0.4) is 0 Å². The van der Waals surface area contributed by atoms with E-state index >= 15 is 0 Å². The molecule has 140 valence electrons. The van der Waals surface area contributed by atoms with Gasteiger partial charge in [-0.2, -0.15) is 5.10 Å². The summed E-state index contributed by atoms with van der Waals surface area (Å²) in [7, 11) is -1.08. The lowest BCUT2D eigenvalue weighted by molar-refractivity contribution is 0.0376. The standard InChI is InChI=1S/C20H34N2O2Si/c1-16-18(14-23)21-22(15-24-10-11-25(2,3)4)19(16)17-12-20(13-17)8-6-5-7-9-20/h14,17H,5-13,15H2,1-4H3. The van der Waals surface area contributed by atoms with Gasteiger partial charge in [-0.3, -0.25) is 4.79 Å². The second-order valence-electron chi connectivity index (χ2n) is 9.53. The van der Waals surface area contributed by atoms with Gasteiger partial charge >= 0.3 is 0 Å². The Morgan fingerprint density at radius 3 is 2.52 bits per heavy atom. The second kappa shape index (κ2) is 7.35. The average molecular weight is 363 g/mol. The van der Waals surface area contributed by atoms with E-state index in [9.17, 15) is 4.79 Å². The van der Waals surface area contributed by atoms with E-state index in [0.29, 0.717) is 23.8 Å². The van der Waals surface area contributed by atoms with Crippen LogP contribution in [0.4, 0.5) is 0 Å². The predicted octanol–water partition coefficient (Wildman–Crippen LogP) is 5.14. The highest BCUT2D eigenvalue weighted by molar-refractivity contribution is 6.76. The Balaban J connectivity index is 1.66. The number of aromatic nitrogens is 2. The van der Waals surface area contributed by atoms with Gasteiger partial charge in [0.1, 0.15) is 12.4 Å². The fourth-order valence-corrected chi connectivity index (χ4v) is 5.49. The molecule has 3 rings (SSSR count). The monoisotopic (exact) mass is 362 g/mol. The second-order valence-corrected chi connectivity index (χ2v) is 15.1. The van der Waals surface area contributed by atoms with E-state index in [-0.39, 0.29) is 0 Å². The molecule has 0 N–H and O–H groups in total. The molecule has 0 aliphatic heterocycles. The van der Waals surface area contributed by atoms with Crippen LogP contribution in [-0.4, -0.2) is 30.7 Å². The summed E-state index contributed by atoms with van der Waals surface area (Å²) in [4.78, 5) is 11.4. The molecule has 2 fully saturated rings. The normalized spacial score (nSPS) is 20.6. The lowest BCUT2D eigenvalue weighted by Crippen LogP contribution is -2.38. The van der Waals surface area contributed by atoms with E-state index in [1.165, 1.54) is 50.6 Å². The summed E-state index contributed by atoms with van der Waals surface area (Å²) in [6.45, 7) is 10.4. The summed E-state index contributed by atoms with van der Waals surface area (Å²) in [6.07, 6.45) is 10.4. The first-order chi connectivity index (χ1) is 11.8. The van der Waals surface area contributed by atoms with Crippen molar-refractivity contribution in [3.8, 4) is 0 Å². The maximum Gasteiger partial charge on any atom is 0.170 e. The third kappa shape index (κ3) is 4.25. The Hall–Kier alpha value is -0.943. The van der Waals surface area contributed by atoms with Crippen LogP contribution in [0.1, 0.15) is 72.6 Å². The molecule has 1 aromatic rings. The van der Waals surface area contributed by atoms with Crippen LogP contribution < -0.4 is 0 Å². The molecule has 0 unspecified atom stereocenters. The van der Waals surface area contributed by atoms with Crippen LogP contribution in [0.2, 0.25) is 25.7 Å². The molecule has 2 aliphatic carbocycles. The van der Waals surface area contributed by atoms with E-state index in [1.54, 1.807) is 0 Å². The van der Waals surface area contributed by atoms with Gasteiger partial charge in [0.2, 0.25) is 0 Å². The van der Waals surface area contributed by atoms with Crippen molar-refractivity contribution in [2.24, 2.45) is 5.41 Å². The van der Waals surface area contributed by atoms with E-state index in [0.717, 1.165) is 24.5 Å². The van der Waals surface area contributed by atoms with Gasteiger partial charge < -0.3 is 4.74 Å². The van der Waals surface area contributed by atoms with Crippen LogP contribution in [0.25, 0.3) is 0 Å². The van der Waals surface area contributed by atoms with Gasteiger partial charge in [-0.05, 0) is 44.1 Å². The Bertz CT molecular complexity index is 604. The minimum atomic E-state index is -1.08. The quantitative estimate of drug-likeness (QED) is 0.383. The van der Waals surface area contributed by atoms with E-state index in [1.807, 2.05) is 4.68 Å². The molecular formula is C20H34N2O2Si. The SMILES string of the molecule is Cc1c(C=O)nn(COCC[Si](C)(C)C)c1C1CC2(CCCCC2)C1. The van der Waals surface area contributed by atoms with Crippen molar-refractivity contribution in [3.63, 3.8) is 0 Å². The van der Waals surface area contributed by atoms with Crippen LogP contribution in [0, 0.1) is 12.3 Å². The highest BCUT2D eigenvalue weighted by Gasteiger charge is 2.46. The largest absolute Gasteiger partial charge is 0.360 e. The van der Waals surface area contributed by atoms with Gasteiger partial charge in [0.05, 0.1) is 0 Å². The van der Waals surface area contributed by atoms with Gasteiger partial charge in [-0.25, -0.2) is 4.68 Å². The molecule has 4 nitrogen and oxygen atoms in total. The zero-order valence-corrected chi connectivity index (χ0v) is 17.4. The van der Waals surface area contributed by atoms with Crippen molar-refractivity contribution in [1.29, 1.82) is 0 Å². The molecule has 2 saturated carbocycles. The minimum absolute atomic E-state index is 0.484. The topological polar surface area (TPSA) is 44.1 Å². The van der Waals surface area contributed by atoms with Crippen LogP contribution in [-0.2, 0) is 11.5 Å². The zero-order valence-electron chi connectivity index (χ0n) is 16.4. The number of nitrogens with zero attached hydrogens (tertiary/aromatic N) is 2. The summed E-state index contributed by atoms with van der Waals surface area (Å²) in [5.41, 5.74) is 3.50. The van der Waals surface area contributed by atoms with Crippen molar-refractivity contribution < 1.29 is 9.53 Å². The number of aldehydes is 1. The van der Waals surface area contributed by atoms with Crippen molar-refractivity contribution >= 4 is 14.4 Å². The Kier molecular flexibility index (Phi) is 5.54. The fraction of sp³-hybridized carbons (Fsp3) is 0.800. The van der Waals surface area contributed by atoms with Crippen LogP contribution in [0.5, 0.6) is 0 Å². The molecule has 1 spiro atoms. The molecule has 1 heterocycles. The predicted molar refractivity (Wildman–Crippen MR) is 104 cm³/mol. The third-order valence-electron chi connectivity index (χ3n) is 6.26. The molecule has 0 amide bonds. The Morgan fingerprint density at radius 1 is 1.24 bits per heavy atom. The Morgan fingerprint density at radius 2 is 1.92 bits per heavy atom. The molecule has 1 aromatic heterocycles. The van der Waals surface area contributed by atoms with Crippen LogP contribution in [0.15, 0.2) is 0 Å². The summed E-state index contributed by atoms with van der Waals surface area (Å²) < 4.78 is 7.90. The number of hydrogen-bond donors (Lipinski definition) is 0. The summed E-state index contributed by atoms with van der Waals surface area (Å²) in [5, 5.41) is 4.53. The van der Waals surface area contributed by atoms with Gasteiger partial charge in [0.15, 0.2) is 6.29 Å². The Labute approximate surface area is 153 Å². The smallest absolute Gasteiger partial charge is 0.170 e. The molecule has 0 bridgehead atoms. The van der Waals surface area contributed by atoms with Gasteiger partial charge in [0.25, 0.3) is 0 Å². The summed E-state index contributed by atoms with van der Waals surface area (Å²) >= 11 is 0. The van der Waals surface area contributed by atoms with Crippen molar-refractivity contribution in [2.45, 2.75) is 90.2 Å². The summed E-state index contributed by atoms with van der Waals surface area (Å²) in [5.74, 6) is 0.555. The minimum Gasteiger partial charge on any atom is -0.360 e. The summed E-state index contributed by atoms with van der Waals surface area (Å²) in [6, 6.07) is 1.16. The molecule has 0 saturated heterocycles. The van der Waals surface area contributed by atoms with E-state index in [2.05, 4.69) is 31.7 Å². The molecule has 25 heavy (non-hydrogen) atoms. The molecule has 0 aromatic carbocycles. The van der Waals surface area contributed by atoms with Gasteiger partial charge in [-0.1, -0.05) is 38.9 Å². The van der Waals surface area contributed by atoms with Gasteiger partial charge in [0, 0.05) is 31.9 Å². The number of hydrogen-bond acceptors (Lipinski definition) is 3. The first kappa shape index (κ1) is 18.8. The van der Waals surface area contributed by atoms with Crippen molar-refractivity contribution in [2.75, 3.05) is 6.61 Å². The molecule has 5 heteroatoms. The highest BCUT2D eigenvalue weighted by atomic mass is 28.3. The number of carbonyl (C=O) groups is 1. The maximum atomic E-state index is 11.4. The average Bonchev–Trinajstić information content (AvgIpc) is 2.85. The number of ether oxygens (including phenoxy) is 1. The van der Waals surface area contributed by atoms with E-state index < -0.39 is 8.07 Å². The van der Waals surface area contributed by atoms with Crippen molar-refractivity contribution in [3.05, 3.63) is 17.0 Å². The van der Waals surface area contributed by atoms with E-state index in [4.69, 9.17) is 4.74 Å². The highest BCUT2D eigenvalue weighted by Crippen LogP contribution is 2.58. The molecule has 0 radical (unpaired) electrons. The zero-order chi connectivity index (χ0) is 18.1. The molecular weight excluding hydrogens is 328 g/mol. The van der Waals surface area contributed by atoms with Gasteiger partial charge in [-0.15, -0.1) is 0 Å². The number of rotatable bonds is 7. The molecule has 0 atom stereocenters. The fourth-order valence-electron chi connectivity index (χ4n) is 4.73.